The summed E-state index contributed by atoms with van der Waals surface area (Å²) in [4.78, 5) is 15.8. The van der Waals surface area contributed by atoms with Gasteiger partial charge >= 0.3 is 5.97 Å². The van der Waals surface area contributed by atoms with Crippen molar-refractivity contribution < 1.29 is 19.4 Å². The number of carboxylic acid groups (broad SMARTS) is 1. The zero-order chi connectivity index (χ0) is 19.7. The Labute approximate surface area is 155 Å². The van der Waals surface area contributed by atoms with E-state index >= 15 is 0 Å². The normalized spacial score (nSPS) is 12.0. The molecule has 0 aliphatic carbocycles. The first-order valence-corrected chi connectivity index (χ1v) is 8.36. The van der Waals surface area contributed by atoms with E-state index in [1.165, 1.54) is 25.1 Å². The van der Waals surface area contributed by atoms with Crippen LogP contribution in [0.25, 0.3) is 27.6 Å². The highest BCUT2D eigenvalue weighted by Gasteiger charge is 2.20. The number of nitrogens with one attached hydrogen (secondary N) is 1. The molecule has 3 N–H and O–H groups in total. The van der Waals surface area contributed by atoms with E-state index in [1.54, 1.807) is 31.2 Å². The van der Waals surface area contributed by atoms with Crippen LogP contribution in [0, 0.1) is 5.82 Å². The Bertz CT molecular complexity index is 1050. The molecule has 1 unspecified atom stereocenters. The number of aliphatic carboxylic acids is 1. The molecule has 1 atom stereocenters. The third kappa shape index (κ3) is 3.60. The fraction of sp³-hybridized carbons (Fsp3) is 0.143. The number of rotatable bonds is 5. The van der Waals surface area contributed by atoms with E-state index in [0.717, 1.165) is 16.5 Å². The fourth-order valence-electron chi connectivity index (χ4n) is 2.96. The van der Waals surface area contributed by atoms with Gasteiger partial charge in [-0.2, -0.15) is 0 Å². The van der Waals surface area contributed by atoms with Crippen molar-refractivity contribution in [2.75, 3.05) is 5.32 Å². The molecule has 0 amide bonds. The lowest BCUT2D eigenvalue weighted by molar-refractivity contribution is -0.137. The van der Waals surface area contributed by atoms with Gasteiger partial charge in [-0.15, -0.1) is 0 Å². The van der Waals surface area contributed by atoms with Crippen molar-refractivity contribution in [1.29, 1.82) is 0 Å². The number of nitrogens with zero attached hydrogens (tertiary/aromatic N) is 1. The van der Waals surface area contributed by atoms with Crippen molar-refractivity contribution in [3.8, 4) is 16.9 Å². The molecule has 5 nitrogen and oxygen atoms in total. The summed E-state index contributed by atoms with van der Waals surface area (Å²) in [5.41, 5.74) is 3.29. The summed E-state index contributed by atoms with van der Waals surface area (Å²) in [5, 5.41) is 22.7. The lowest BCUT2D eigenvalue weighted by Gasteiger charge is -2.20. The molecule has 0 spiro atoms. The first-order chi connectivity index (χ1) is 12.8. The monoisotopic (exact) mass is 366 g/mol. The highest BCUT2D eigenvalue weighted by Crippen LogP contribution is 2.39. The van der Waals surface area contributed by atoms with Crippen LogP contribution in [-0.2, 0) is 4.79 Å². The summed E-state index contributed by atoms with van der Waals surface area (Å²) in [5.74, 6) is -0.997. The summed E-state index contributed by atoms with van der Waals surface area (Å²) in [7, 11) is 0. The quantitative estimate of drug-likeness (QED) is 0.611. The van der Waals surface area contributed by atoms with Crippen LogP contribution in [0.15, 0.2) is 49.0 Å². The van der Waals surface area contributed by atoms with Gasteiger partial charge in [-0.05, 0) is 49.2 Å². The molecule has 1 aromatic heterocycles. The molecular weight excluding hydrogens is 347 g/mol. The number of anilines is 1. The zero-order valence-corrected chi connectivity index (χ0v) is 15.0. The minimum atomic E-state index is -1.02. The number of halogens is 1. The minimum Gasteiger partial charge on any atom is -0.508 e. The van der Waals surface area contributed by atoms with E-state index in [4.69, 9.17) is 0 Å². The van der Waals surface area contributed by atoms with Gasteiger partial charge in [0.15, 0.2) is 0 Å². The molecule has 3 aromatic rings. The summed E-state index contributed by atoms with van der Waals surface area (Å²) < 4.78 is 13.4. The third-order valence-corrected chi connectivity index (χ3v) is 4.25. The van der Waals surface area contributed by atoms with E-state index in [-0.39, 0.29) is 11.6 Å². The fourth-order valence-corrected chi connectivity index (χ4v) is 2.96. The van der Waals surface area contributed by atoms with Gasteiger partial charge in [0.25, 0.3) is 0 Å². The molecule has 0 aliphatic rings. The highest BCUT2D eigenvalue weighted by atomic mass is 19.1. The van der Waals surface area contributed by atoms with E-state index < -0.39 is 12.0 Å². The van der Waals surface area contributed by atoms with Gasteiger partial charge in [-0.3, -0.25) is 4.79 Å². The molecule has 27 heavy (non-hydrogen) atoms. The molecule has 1 heterocycles. The average molecular weight is 366 g/mol. The molecule has 3 rings (SSSR count). The van der Waals surface area contributed by atoms with E-state index in [1.807, 2.05) is 0 Å². The molecule has 2 aromatic carbocycles. The number of allylic oxidation sites excluding steroid dienone is 1. The number of hydrogen-bond acceptors (Lipinski definition) is 4. The number of hydrogen-bond donors (Lipinski definition) is 3. The molecular formula is C21H19FN2O3. The predicted octanol–water partition coefficient (Wildman–Crippen LogP) is 4.66. The number of phenolic OH excluding ortho intramolecular Hbond substituents is 1. The summed E-state index contributed by atoms with van der Waals surface area (Å²) in [6, 6.07) is 9.91. The Morgan fingerprint density at radius 2 is 1.89 bits per heavy atom. The Hall–Kier alpha value is -3.41. The van der Waals surface area contributed by atoms with Gasteiger partial charge in [0, 0.05) is 22.6 Å². The van der Waals surface area contributed by atoms with Crippen molar-refractivity contribution in [3.63, 3.8) is 0 Å². The number of aromatic nitrogens is 1. The number of pyridine rings is 1. The van der Waals surface area contributed by atoms with Gasteiger partial charge in [0.05, 0.1) is 5.52 Å². The second-order valence-corrected chi connectivity index (χ2v) is 6.40. The van der Waals surface area contributed by atoms with Crippen LogP contribution in [0.4, 0.5) is 10.2 Å². The second kappa shape index (κ2) is 7.07. The van der Waals surface area contributed by atoms with E-state index in [2.05, 4.69) is 16.9 Å². The summed E-state index contributed by atoms with van der Waals surface area (Å²) >= 11 is 0. The number of carbonyl (C=O) groups is 1. The SMILES string of the molecule is C=C(C)c1c(NC(C)C(=O)O)nc2cc(O)ccc2c1-c1ccc(F)cc1. The Morgan fingerprint density at radius 3 is 2.48 bits per heavy atom. The van der Waals surface area contributed by atoms with E-state index in [0.29, 0.717) is 22.5 Å². The number of aromatic hydroxyl groups is 1. The Kier molecular flexibility index (Phi) is 4.81. The maximum atomic E-state index is 13.4. The molecule has 0 bridgehead atoms. The van der Waals surface area contributed by atoms with Crippen molar-refractivity contribution in [2.45, 2.75) is 19.9 Å². The van der Waals surface area contributed by atoms with Crippen molar-refractivity contribution in [2.24, 2.45) is 0 Å². The van der Waals surface area contributed by atoms with Crippen LogP contribution in [0.2, 0.25) is 0 Å². The Balaban J connectivity index is 2.38. The summed E-state index contributed by atoms with van der Waals surface area (Å²) in [6.07, 6.45) is 0. The number of carboxylic acids is 1. The molecule has 0 fully saturated rings. The van der Waals surface area contributed by atoms with Gasteiger partial charge in [0.2, 0.25) is 0 Å². The van der Waals surface area contributed by atoms with Gasteiger partial charge < -0.3 is 15.5 Å². The maximum Gasteiger partial charge on any atom is 0.325 e. The van der Waals surface area contributed by atoms with Crippen molar-refractivity contribution in [3.05, 3.63) is 60.4 Å². The average Bonchev–Trinajstić information content (AvgIpc) is 2.60. The summed E-state index contributed by atoms with van der Waals surface area (Å²) in [6.45, 7) is 7.32. The largest absolute Gasteiger partial charge is 0.508 e. The lowest BCUT2D eigenvalue weighted by Crippen LogP contribution is -2.26. The molecule has 0 saturated carbocycles. The molecule has 0 saturated heterocycles. The van der Waals surface area contributed by atoms with Crippen LogP contribution < -0.4 is 5.32 Å². The number of benzene rings is 2. The van der Waals surface area contributed by atoms with Gasteiger partial charge in [-0.1, -0.05) is 18.7 Å². The van der Waals surface area contributed by atoms with Crippen LogP contribution in [-0.4, -0.2) is 27.2 Å². The van der Waals surface area contributed by atoms with Gasteiger partial charge in [-0.25, -0.2) is 9.37 Å². The topological polar surface area (TPSA) is 82.5 Å². The van der Waals surface area contributed by atoms with Crippen molar-refractivity contribution in [1.82, 2.24) is 4.98 Å². The number of phenols is 1. The van der Waals surface area contributed by atoms with Gasteiger partial charge in [0.1, 0.15) is 23.4 Å². The molecule has 0 radical (unpaired) electrons. The smallest absolute Gasteiger partial charge is 0.325 e. The molecule has 6 heteroatoms. The van der Waals surface area contributed by atoms with E-state index in [9.17, 15) is 19.4 Å². The standard InChI is InChI=1S/C21H19FN2O3/c1-11(2)18-19(13-4-6-14(22)7-5-13)16-9-8-15(25)10-17(16)24-20(18)23-12(3)21(26)27/h4-10,12,25H,1H2,2-3H3,(H,23,24)(H,26,27). The lowest BCUT2D eigenvalue weighted by atomic mass is 9.92. The highest BCUT2D eigenvalue weighted by molar-refractivity contribution is 6.03. The van der Waals surface area contributed by atoms with Crippen LogP contribution in [0.1, 0.15) is 19.4 Å². The minimum absolute atomic E-state index is 0.0420. The predicted molar refractivity (Wildman–Crippen MR) is 104 cm³/mol. The van der Waals surface area contributed by atoms with Crippen LogP contribution in [0.5, 0.6) is 5.75 Å². The van der Waals surface area contributed by atoms with Crippen LogP contribution >= 0.6 is 0 Å². The first kappa shape index (κ1) is 18.4. The second-order valence-electron chi connectivity index (χ2n) is 6.40. The third-order valence-electron chi connectivity index (χ3n) is 4.25. The van der Waals surface area contributed by atoms with Crippen LogP contribution in [0.3, 0.4) is 0 Å². The number of fused-ring (bicyclic) bond motifs is 1. The molecule has 138 valence electrons. The van der Waals surface area contributed by atoms with Crippen molar-refractivity contribution >= 4 is 28.3 Å². The first-order valence-electron chi connectivity index (χ1n) is 8.36. The maximum absolute atomic E-state index is 13.4. The Morgan fingerprint density at radius 1 is 1.22 bits per heavy atom. The zero-order valence-electron chi connectivity index (χ0n) is 15.0. The molecule has 0 aliphatic heterocycles.